The van der Waals surface area contributed by atoms with E-state index >= 15 is 0 Å². The molecule has 19 heavy (non-hydrogen) atoms. The fourth-order valence-electron chi connectivity index (χ4n) is 2.21. The maximum atomic E-state index is 11.9. The van der Waals surface area contributed by atoms with E-state index in [1.54, 1.807) is 6.33 Å². The maximum Gasteiger partial charge on any atom is 0.224 e. The Bertz CT molecular complexity index is 427. The molecule has 0 saturated carbocycles. The van der Waals surface area contributed by atoms with Gasteiger partial charge < -0.3 is 10.2 Å². The zero-order valence-corrected chi connectivity index (χ0v) is 11.7. The molecule has 5 heteroatoms. The summed E-state index contributed by atoms with van der Waals surface area (Å²) in [6, 6.07) is 1.95. The van der Waals surface area contributed by atoms with Gasteiger partial charge in [0.15, 0.2) is 0 Å². The average Bonchev–Trinajstić information content (AvgIpc) is 2.93. The van der Waals surface area contributed by atoms with Gasteiger partial charge in [0.25, 0.3) is 0 Å². The highest BCUT2D eigenvalue weighted by atomic mass is 16.2. The highest BCUT2D eigenvalue weighted by Crippen LogP contribution is 2.14. The van der Waals surface area contributed by atoms with E-state index < -0.39 is 0 Å². The molecule has 1 saturated heterocycles. The minimum Gasteiger partial charge on any atom is -0.369 e. The first-order chi connectivity index (χ1) is 9.16. The molecule has 0 atom stereocenters. The Morgan fingerprint density at radius 1 is 1.37 bits per heavy atom. The van der Waals surface area contributed by atoms with Gasteiger partial charge in [-0.1, -0.05) is 13.8 Å². The van der Waals surface area contributed by atoms with Crippen LogP contribution in [0.5, 0.6) is 0 Å². The molecule has 1 aromatic heterocycles. The van der Waals surface area contributed by atoms with Gasteiger partial charge in [-0.05, 0) is 18.8 Å². The van der Waals surface area contributed by atoms with Crippen LogP contribution in [-0.2, 0) is 4.79 Å². The van der Waals surface area contributed by atoms with Crippen molar-refractivity contribution in [1.29, 1.82) is 0 Å². The fourth-order valence-corrected chi connectivity index (χ4v) is 2.21. The maximum absolute atomic E-state index is 11.9. The molecule has 1 aliphatic rings. The predicted molar refractivity (Wildman–Crippen MR) is 75.0 cm³/mol. The van der Waals surface area contributed by atoms with Gasteiger partial charge in [-0.2, -0.15) is 0 Å². The number of hydrogen-bond donors (Lipinski definition) is 1. The zero-order chi connectivity index (χ0) is 13.7. The number of likely N-dealkylation sites (tertiary alicyclic amines) is 1. The summed E-state index contributed by atoms with van der Waals surface area (Å²) in [5.74, 6) is 1.42. The molecular weight excluding hydrogens is 240 g/mol. The van der Waals surface area contributed by atoms with Crippen molar-refractivity contribution < 1.29 is 4.79 Å². The lowest BCUT2D eigenvalue weighted by Crippen LogP contribution is -2.29. The molecule has 0 unspecified atom stereocenters. The highest BCUT2D eigenvalue weighted by molar-refractivity contribution is 5.76. The van der Waals surface area contributed by atoms with Crippen molar-refractivity contribution >= 4 is 11.7 Å². The number of aromatic nitrogens is 2. The summed E-state index contributed by atoms with van der Waals surface area (Å²) in [6.45, 7) is 6.67. The molecule has 0 bridgehead atoms. The number of rotatable bonds is 5. The molecule has 1 fully saturated rings. The summed E-state index contributed by atoms with van der Waals surface area (Å²) < 4.78 is 0. The van der Waals surface area contributed by atoms with Gasteiger partial charge >= 0.3 is 0 Å². The molecule has 2 rings (SSSR count). The first-order valence-electron chi connectivity index (χ1n) is 7.00. The van der Waals surface area contributed by atoms with Gasteiger partial charge in [-0.15, -0.1) is 0 Å². The van der Waals surface area contributed by atoms with Gasteiger partial charge in [-0.25, -0.2) is 9.97 Å². The third kappa shape index (κ3) is 3.91. The molecule has 0 aromatic carbocycles. The summed E-state index contributed by atoms with van der Waals surface area (Å²) in [6.07, 6.45) is 4.38. The van der Waals surface area contributed by atoms with Crippen LogP contribution in [0.2, 0.25) is 0 Å². The quantitative estimate of drug-likeness (QED) is 0.882. The second-order valence-electron chi connectivity index (χ2n) is 5.25. The minimum atomic E-state index is 0.239. The Morgan fingerprint density at radius 2 is 2.11 bits per heavy atom. The Morgan fingerprint density at radius 3 is 2.79 bits per heavy atom. The molecule has 1 aliphatic heterocycles. The van der Waals surface area contributed by atoms with Crippen LogP contribution in [0.15, 0.2) is 12.4 Å². The molecule has 0 spiro atoms. The van der Waals surface area contributed by atoms with Crippen LogP contribution in [-0.4, -0.2) is 40.4 Å². The summed E-state index contributed by atoms with van der Waals surface area (Å²) in [4.78, 5) is 22.2. The Balaban J connectivity index is 1.78. The minimum absolute atomic E-state index is 0.239. The van der Waals surface area contributed by atoms with Crippen molar-refractivity contribution in [3.05, 3.63) is 18.1 Å². The molecular formula is C14H22N4O. The second kappa shape index (κ2) is 6.50. The normalized spacial score (nSPS) is 15.0. The van der Waals surface area contributed by atoms with Gasteiger partial charge in [0.1, 0.15) is 12.1 Å². The smallest absolute Gasteiger partial charge is 0.224 e. The van der Waals surface area contributed by atoms with E-state index in [4.69, 9.17) is 0 Å². The van der Waals surface area contributed by atoms with Gasteiger partial charge in [-0.3, -0.25) is 4.79 Å². The number of carbonyl (C=O) groups excluding carboxylic acids is 1. The lowest BCUT2D eigenvalue weighted by atomic mass is 10.1. The lowest BCUT2D eigenvalue weighted by molar-refractivity contribution is -0.129. The summed E-state index contributed by atoms with van der Waals surface area (Å²) in [7, 11) is 0. The predicted octanol–water partition coefficient (Wildman–Crippen LogP) is 2.02. The third-order valence-corrected chi connectivity index (χ3v) is 3.38. The molecule has 5 nitrogen and oxygen atoms in total. The molecule has 104 valence electrons. The number of carbonyl (C=O) groups is 1. The third-order valence-electron chi connectivity index (χ3n) is 3.38. The number of nitrogens with zero attached hydrogens (tertiary/aromatic N) is 3. The molecule has 1 aromatic rings. The lowest BCUT2D eigenvalue weighted by Gasteiger charge is -2.15. The molecule has 0 radical (unpaired) electrons. The monoisotopic (exact) mass is 262 g/mol. The van der Waals surface area contributed by atoms with Crippen molar-refractivity contribution in [2.45, 2.75) is 39.0 Å². The summed E-state index contributed by atoms with van der Waals surface area (Å²) >= 11 is 0. The first-order valence-corrected chi connectivity index (χ1v) is 7.00. The SMILES string of the molecule is CC(C)c1cc(NCCC(=O)N2CCCC2)ncn1. The van der Waals surface area contributed by atoms with Crippen molar-refractivity contribution in [3.63, 3.8) is 0 Å². The molecule has 0 aliphatic carbocycles. The van der Waals surface area contributed by atoms with Crippen LogP contribution in [0, 0.1) is 0 Å². The standard InChI is InChI=1S/C14H22N4O/c1-11(2)12-9-13(17-10-16-12)15-6-5-14(19)18-7-3-4-8-18/h9-11H,3-8H2,1-2H3,(H,15,16,17). The van der Waals surface area contributed by atoms with Crippen molar-refractivity contribution in [3.8, 4) is 0 Å². The van der Waals surface area contributed by atoms with Crippen molar-refractivity contribution in [2.24, 2.45) is 0 Å². The summed E-state index contributed by atoms with van der Waals surface area (Å²) in [5, 5.41) is 3.20. The second-order valence-corrected chi connectivity index (χ2v) is 5.25. The van der Waals surface area contributed by atoms with Crippen LogP contribution < -0.4 is 5.32 Å². The van der Waals surface area contributed by atoms with E-state index in [1.165, 1.54) is 0 Å². The van der Waals surface area contributed by atoms with Crippen LogP contribution in [0.1, 0.15) is 44.7 Å². The van der Waals surface area contributed by atoms with Gasteiger partial charge in [0.2, 0.25) is 5.91 Å². The largest absolute Gasteiger partial charge is 0.369 e. The van der Waals surface area contributed by atoms with Crippen molar-refractivity contribution in [1.82, 2.24) is 14.9 Å². The van der Waals surface area contributed by atoms with Gasteiger partial charge in [0.05, 0.1) is 0 Å². The molecule has 2 heterocycles. The molecule has 1 amide bonds. The topological polar surface area (TPSA) is 58.1 Å². The van der Waals surface area contributed by atoms with E-state index in [0.717, 1.165) is 37.4 Å². The Labute approximate surface area is 114 Å². The Hall–Kier alpha value is -1.65. The van der Waals surface area contributed by atoms with Crippen LogP contribution in [0.3, 0.4) is 0 Å². The van der Waals surface area contributed by atoms with Crippen LogP contribution in [0.25, 0.3) is 0 Å². The van der Waals surface area contributed by atoms with E-state index in [9.17, 15) is 4.79 Å². The number of hydrogen-bond acceptors (Lipinski definition) is 4. The number of anilines is 1. The summed E-state index contributed by atoms with van der Waals surface area (Å²) in [5.41, 5.74) is 1.02. The van der Waals surface area contributed by atoms with Crippen LogP contribution >= 0.6 is 0 Å². The van der Waals surface area contributed by atoms with E-state index in [-0.39, 0.29) is 5.91 Å². The van der Waals surface area contributed by atoms with Gasteiger partial charge in [0, 0.05) is 37.8 Å². The number of amides is 1. The fraction of sp³-hybridized carbons (Fsp3) is 0.643. The zero-order valence-electron chi connectivity index (χ0n) is 11.7. The molecule has 1 N–H and O–H groups in total. The van der Waals surface area contributed by atoms with E-state index in [0.29, 0.717) is 18.9 Å². The van der Waals surface area contributed by atoms with Crippen molar-refractivity contribution in [2.75, 3.05) is 25.0 Å². The first kappa shape index (κ1) is 13.8. The van der Waals surface area contributed by atoms with E-state index in [2.05, 4.69) is 29.1 Å². The van der Waals surface area contributed by atoms with Crippen LogP contribution in [0.4, 0.5) is 5.82 Å². The van der Waals surface area contributed by atoms with E-state index in [1.807, 2.05) is 11.0 Å². The Kier molecular flexibility index (Phi) is 4.71. The average molecular weight is 262 g/mol. The number of nitrogens with one attached hydrogen (secondary N) is 1. The highest BCUT2D eigenvalue weighted by Gasteiger charge is 2.17.